The fourth-order valence-corrected chi connectivity index (χ4v) is 1.53. The molecule has 0 spiro atoms. The fourth-order valence-electron chi connectivity index (χ4n) is 1.53. The van der Waals surface area contributed by atoms with Gasteiger partial charge in [-0.05, 0) is 19.3 Å². The number of likely N-dealkylation sites (N-methyl/N-ethyl adjacent to an activating group) is 1. The van der Waals surface area contributed by atoms with Crippen LogP contribution in [0.3, 0.4) is 0 Å². The van der Waals surface area contributed by atoms with E-state index in [0.29, 0.717) is 11.0 Å². The van der Waals surface area contributed by atoms with E-state index in [1.807, 2.05) is 21.1 Å². The maximum atomic E-state index is 10.9. The Morgan fingerprint density at radius 1 is 0.920 bits per heavy atom. The second kappa shape index (κ2) is 12.0. The maximum absolute atomic E-state index is 10.9. The summed E-state index contributed by atoms with van der Waals surface area (Å²) < 4.78 is 0.488. The molecule has 11 nitrogen and oxygen atoms in total. The van der Waals surface area contributed by atoms with Crippen molar-refractivity contribution < 1.29 is 55.7 Å². The summed E-state index contributed by atoms with van der Waals surface area (Å²) in [4.78, 5) is 39.8. The number of carbonyl (C=O) groups excluding carboxylic acids is 4. The molecule has 25 heavy (non-hydrogen) atoms. The maximum Gasteiger partial charge on any atom is 2.00 e. The molecule has 0 aromatic rings. The zero-order valence-corrected chi connectivity index (χ0v) is 15.6. The van der Waals surface area contributed by atoms with E-state index in [2.05, 4.69) is 0 Å². The summed E-state index contributed by atoms with van der Waals surface area (Å²) in [6, 6.07) is 0. The van der Waals surface area contributed by atoms with E-state index in [1.54, 1.807) is 0 Å². The van der Waals surface area contributed by atoms with Gasteiger partial charge in [-0.25, -0.2) is 0 Å². The van der Waals surface area contributed by atoms with Gasteiger partial charge < -0.3 is 54.3 Å². The van der Waals surface area contributed by atoms with Gasteiger partial charge >= 0.3 is 24.5 Å². The Labute approximate surface area is 161 Å². The second-order valence-electron chi connectivity index (χ2n) is 6.05. The van der Waals surface area contributed by atoms with Gasteiger partial charge in [0.1, 0.15) is 0 Å². The fraction of sp³-hybridized carbons (Fsp3) is 0.692. The van der Waals surface area contributed by atoms with Crippen LogP contribution in [0.5, 0.6) is 0 Å². The first kappa shape index (κ1) is 28.3. The molecule has 0 aliphatic heterocycles. The number of carbonyl (C=O) groups is 4. The SMILES string of the molecule is C[N+](C)(C)CC([O-])CC(=O)[O-].O=C([O-])CC([O-])(CC(=O)[O-])C(=O)[O-].[H+].[Mg+2]. The minimum absolute atomic E-state index is 0. The minimum atomic E-state index is -3.22. The van der Waals surface area contributed by atoms with Gasteiger partial charge in [-0.2, -0.15) is 0 Å². The van der Waals surface area contributed by atoms with E-state index in [1.165, 1.54) is 0 Å². The summed E-state index contributed by atoms with van der Waals surface area (Å²) in [6.07, 6.45) is -4.39. The van der Waals surface area contributed by atoms with Crippen molar-refractivity contribution in [3.05, 3.63) is 0 Å². The third-order valence-electron chi connectivity index (χ3n) is 2.38. The number of aliphatic carboxylic acids is 4. The molecule has 0 saturated heterocycles. The smallest absolute Gasteiger partial charge is 0.848 e. The summed E-state index contributed by atoms with van der Waals surface area (Å²) in [5.41, 5.74) is -3.22. The summed E-state index contributed by atoms with van der Waals surface area (Å²) in [5, 5.41) is 61.7. The van der Waals surface area contributed by atoms with Gasteiger partial charge in [0.15, 0.2) is 0 Å². The van der Waals surface area contributed by atoms with E-state index in [0.717, 1.165) is 0 Å². The van der Waals surface area contributed by atoms with E-state index in [-0.39, 0.29) is 24.5 Å². The van der Waals surface area contributed by atoms with Crippen molar-refractivity contribution in [2.75, 3.05) is 27.7 Å². The Kier molecular flexibility index (Phi) is 13.6. The van der Waals surface area contributed by atoms with E-state index < -0.39 is 54.8 Å². The first-order chi connectivity index (χ1) is 10.6. The Bertz CT molecular complexity index is 464. The molecule has 0 heterocycles. The molecule has 140 valence electrons. The molecule has 0 saturated carbocycles. The molecule has 0 aromatic carbocycles. The standard InChI is InChI=1S/C7H15NO3.C6H7O7.Mg/c1-8(2,3)5-6(9)4-7(10)11;7-3(8)1-6(13,5(11)12)2-4(9)10;/h6H,4-5H2,1-3H3,(H,10,11);1-2H2,(H,7,8)(H,9,10)(H,11,12);/q;-1;+2/p-3. The molecule has 1 unspecified atom stereocenters. The second-order valence-corrected chi connectivity index (χ2v) is 6.05. The summed E-state index contributed by atoms with van der Waals surface area (Å²) >= 11 is 0. The van der Waals surface area contributed by atoms with Gasteiger partial charge in [-0.1, -0.05) is 11.7 Å². The van der Waals surface area contributed by atoms with Crippen molar-refractivity contribution in [1.29, 1.82) is 0 Å². The number of nitrogens with zero attached hydrogens (tertiary/aromatic N) is 1. The predicted molar refractivity (Wildman–Crippen MR) is 70.2 cm³/mol. The van der Waals surface area contributed by atoms with Crippen molar-refractivity contribution in [1.82, 2.24) is 0 Å². The van der Waals surface area contributed by atoms with Crippen molar-refractivity contribution in [2.45, 2.75) is 31.0 Å². The van der Waals surface area contributed by atoms with E-state index in [4.69, 9.17) is 0 Å². The molecular weight excluding hydrogens is 354 g/mol. The molecule has 0 aromatic heterocycles. The Hall–Kier alpha value is -1.47. The van der Waals surface area contributed by atoms with Crippen LogP contribution in [0.4, 0.5) is 0 Å². The van der Waals surface area contributed by atoms with Crippen LogP contribution < -0.4 is 30.6 Å². The number of carboxylic acids is 4. The number of hydrogen-bond donors (Lipinski definition) is 0. The third kappa shape index (κ3) is 17.1. The van der Waals surface area contributed by atoms with Crippen LogP contribution in [-0.2, 0) is 19.2 Å². The van der Waals surface area contributed by atoms with Crippen LogP contribution in [0.15, 0.2) is 0 Å². The molecule has 0 N–H and O–H groups in total. The average molecular weight is 374 g/mol. The first-order valence-corrected chi connectivity index (χ1v) is 6.56. The number of hydrogen-bond acceptors (Lipinski definition) is 10. The van der Waals surface area contributed by atoms with Crippen LogP contribution in [-0.4, -0.2) is 90.8 Å². The van der Waals surface area contributed by atoms with Crippen molar-refractivity contribution in [3.8, 4) is 0 Å². The summed E-state index contributed by atoms with van der Waals surface area (Å²) in [6.45, 7) is 0.313. The molecular formula is C13H19MgNO10-2. The molecule has 0 amide bonds. The third-order valence-corrected chi connectivity index (χ3v) is 2.38. The average Bonchev–Trinajstić information content (AvgIpc) is 2.22. The largest absolute Gasteiger partial charge is 2.00 e. The van der Waals surface area contributed by atoms with Crippen molar-refractivity contribution >= 4 is 46.9 Å². The number of rotatable bonds is 9. The van der Waals surface area contributed by atoms with Crippen LogP contribution in [0, 0.1) is 0 Å². The van der Waals surface area contributed by atoms with Gasteiger partial charge in [0.05, 0.1) is 27.7 Å². The van der Waals surface area contributed by atoms with Crippen molar-refractivity contribution in [2.24, 2.45) is 0 Å². The van der Waals surface area contributed by atoms with E-state index >= 15 is 0 Å². The van der Waals surface area contributed by atoms with Gasteiger partial charge in [-0.15, -0.1) is 0 Å². The van der Waals surface area contributed by atoms with Gasteiger partial charge in [0.2, 0.25) is 0 Å². The minimum Gasteiger partial charge on any atom is -0.848 e. The summed E-state index contributed by atoms with van der Waals surface area (Å²) in [7, 11) is 5.54. The predicted octanol–water partition coefficient (Wildman–Crippen LogP) is -8.59. The Morgan fingerprint density at radius 2 is 1.28 bits per heavy atom. The van der Waals surface area contributed by atoms with Crippen molar-refractivity contribution in [3.63, 3.8) is 0 Å². The first-order valence-electron chi connectivity index (χ1n) is 6.56. The van der Waals surface area contributed by atoms with Gasteiger partial charge in [0.25, 0.3) is 0 Å². The molecule has 0 aliphatic carbocycles. The summed E-state index contributed by atoms with van der Waals surface area (Å²) in [5.74, 6) is -7.49. The van der Waals surface area contributed by atoms with Crippen LogP contribution in [0.25, 0.3) is 0 Å². The van der Waals surface area contributed by atoms with Crippen LogP contribution in [0.2, 0.25) is 0 Å². The normalized spacial score (nSPS) is 12.0. The molecule has 0 bridgehead atoms. The zero-order valence-electron chi connectivity index (χ0n) is 15.1. The number of quaternary nitrogens is 1. The Balaban J connectivity index is -0.000000175. The molecule has 1 atom stereocenters. The monoisotopic (exact) mass is 373 g/mol. The van der Waals surface area contributed by atoms with Gasteiger partial charge in [-0.3, -0.25) is 0 Å². The topological polar surface area (TPSA) is 207 Å². The van der Waals surface area contributed by atoms with Gasteiger partial charge in [0, 0.05) is 23.9 Å². The zero-order chi connectivity index (χ0) is 19.7. The molecule has 0 rings (SSSR count). The Morgan fingerprint density at radius 3 is 1.48 bits per heavy atom. The van der Waals surface area contributed by atoms with E-state index in [9.17, 15) is 49.8 Å². The molecule has 0 aliphatic rings. The quantitative estimate of drug-likeness (QED) is 0.275. The molecule has 12 heteroatoms. The number of carboxylic acid groups (broad SMARTS) is 4. The van der Waals surface area contributed by atoms with Crippen LogP contribution >= 0.6 is 0 Å². The van der Waals surface area contributed by atoms with Crippen LogP contribution in [0.1, 0.15) is 20.7 Å². The molecule has 0 radical (unpaired) electrons. The molecule has 0 fully saturated rings.